The Morgan fingerprint density at radius 3 is 2.65 bits per heavy atom. The lowest BCUT2D eigenvalue weighted by Crippen LogP contribution is -2.29. The monoisotopic (exact) mass is 431 g/mol. The van der Waals surface area contributed by atoms with E-state index in [0.29, 0.717) is 18.9 Å². The molecule has 2 aliphatic rings. The van der Waals surface area contributed by atoms with E-state index in [2.05, 4.69) is 31.5 Å². The molecule has 31 heavy (non-hydrogen) atoms. The summed E-state index contributed by atoms with van der Waals surface area (Å²) in [5.41, 5.74) is 4.70. The summed E-state index contributed by atoms with van der Waals surface area (Å²) in [6.07, 6.45) is 0.0572. The van der Waals surface area contributed by atoms with Gasteiger partial charge in [0.1, 0.15) is 0 Å². The number of carbonyl (C=O) groups excluding carboxylic acids is 1. The number of alkyl halides is 3. The number of halogens is 3. The number of hydrogen-bond donors (Lipinski definition) is 1. The average Bonchev–Trinajstić information content (AvgIpc) is 3.18. The van der Waals surface area contributed by atoms with E-state index in [1.807, 2.05) is 23.9 Å². The van der Waals surface area contributed by atoms with Crippen LogP contribution in [-0.4, -0.2) is 35.4 Å². The third kappa shape index (κ3) is 3.57. The van der Waals surface area contributed by atoms with E-state index < -0.39 is 17.9 Å². The van der Waals surface area contributed by atoms with Crippen LogP contribution < -0.4 is 5.32 Å². The van der Waals surface area contributed by atoms with Gasteiger partial charge in [-0.1, -0.05) is 0 Å². The Balaban J connectivity index is 1.38. The predicted octanol–water partition coefficient (Wildman–Crippen LogP) is 3.15. The lowest BCUT2D eigenvalue weighted by Gasteiger charge is -2.11. The minimum absolute atomic E-state index is 0.371. The highest BCUT2D eigenvalue weighted by Crippen LogP contribution is 2.41. The molecule has 5 rings (SSSR count). The van der Waals surface area contributed by atoms with Gasteiger partial charge >= 0.3 is 6.18 Å². The van der Waals surface area contributed by atoms with Crippen LogP contribution in [0.2, 0.25) is 0 Å². The topological polar surface area (TPSA) is 90.5 Å². The van der Waals surface area contributed by atoms with Crippen molar-refractivity contribution in [2.45, 2.75) is 50.9 Å². The Kier molecular flexibility index (Phi) is 4.38. The number of aryl methyl sites for hydroxylation is 3. The number of fused-ring (bicyclic) bond motifs is 1. The summed E-state index contributed by atoms with van der Waals surface area (Å²) in [6, 6.07) is 3.64. The summed E-state index contributed by atoms with van der Waals surface area (Å²) in [7, 11) is 1.26. The summed E-state index contributed by atoms with van der Waals surface area (Å²) in [5.74, 6) is -1.90. The van der Waals surface area contributed by atoms with Gasteiger partial charge in [-0.05, 0) is 43.9 Å². The molecule has 0 unspecified atom stereocenters. The molecule has 1 atom stereocenters. The Morgan fingerprint density at radius 2 is 1.97 bits per heavy atom. The average molecular weight is 431 g/mol. The van der Waals surface area contributed by atoms with Gasteiger partial charge in [-0.25, -0.2) is 4.68 Å². The molecule has 0 radical (unpaired) electrons. The second-order valence-electron chi connectivity index (χ2n) is 8.07. The van der Waals surface area contributed by atoms with Gasteiger partial charge in [0.05, 0.1) is 17.4 Å². The molecule has 3 aromatic rings. The van der Waals surface area contributed by atoms with Crippen molar-refractivity contribution in [1.29, 1.82) is 0 Å². The van der Waals surface area contributed by atoms with Crippen LogP contribution in [0, 0.1) is 6.92 Å². The van der Waals surface area contributed by atoms with E-state index in [4.69, 9.17) is 0 Å². The van der Waals surface area contributed by atoms with Gasteiger partial charge < -0.3 is 5.32 Å². The molecular formula is C20H20F3N7O. The van der Waals surface area contributed by atoms with Crippen LogP contribution in [0.4, 0.5) is 13.2 Å². The molecule has 1 saturated carbocycles. The largest absolute Gasteiger partial charge is 0.453 e. The maximum Gasteiger partial charge on any atom is 0.453 e. The summed E-state index contributed by atoms with van der Waals surface area (Å²) in [4.78, 5) is 20.5. The summed E-state index contributed by atoms with van der Waals surface area (Å²) in [6.45, 7) is 2.58. The minimum Gasteiger partial charge on any atom is -0.341 e. The Labute approximate surface area is 175 Å². The Hall–Kier alpha value is -3.24. The molecule has 3 aromatic heterocycles. The highest BCUT2D eigenvalue weighted by atomic mass is 19.4. The first-order valence-electron chi connectivity index (χ1n) is 10.0. The maximum absolute atomic E-state index is 12.8. The lowest BCUT2D eigenvalue weighted by atomic mass is 10.0. The van der Waals surface area contributed by atoms with E-state index in [1.165, 1.54) is 7.05 Å². The lowest BCUT2D eigenvalue weighted by molar-refractivity contribution is -0.144. The number of amides is 1. The number of aromatic nitrogens is 6. The summed E-state index contributed by atoms with van der Waals surface area (Å²) >= 11 is 0. The third-order valence-corrected chi connectivity index (χ3v) is 5.72. The molecule has 0 saturated heterocycles. The van der Waals surface area contributed by atoms with Crippen LogP contribution >= 0.6 is 0 Å². The second-order valence-corrected chi connectivity index (χ2v) is 8.07. The van der Waals surface area contributed by atoms with Gasteiger partial charge in [-0.2, -0.15) is 23.3 Å². The fourth-order valence-corrected chi connectivity index (χ4v) is 3.91. The predicted molar refractivity (Wildman–Crippen MR) is 103 cm³/mol. The summed E-state index contributed by atoms with van der Waals surface area (Å²) < 4.78 is 41.2. The SMILES string of the molecule is Cc1cnc(C2CC2)cc1-c1cc2n(n1)CC[C@H]2NC(=O)c1nc(C(F)(F)F)nn1C. The van der Waals surface area contributed by atoms with Crippen LogP contribution in [0.3, 0.4) is 0 Å². The number of carbonyl (C=O) groups is 1. The van der Waals surface area contributed by atoms with Crippen LogP contribution in [0.5, 0.6) is 0 Å². The smallest absolute Gasteiger partial charge is 0.341 e. The van der Waals surface area contributed by atoms with Crippen molar-refractivity contribution >= 4 is 5.91 Å². The highest BCUT2D eigenvalue weighted by Gasteiger charge is 2.38. The molecule has 0 aromatic carbocycles. The molecule has 4 heterocycles. The van der Waals surface area contributed by atoms with Crippen LogP contribution in [0.1, 0.15) is 64.6 Å². The fourth-order valence-electron chi connectivity index (χ4n) is 3.91. The van der Waals surface area contributed by atoms with Crippen molar-refractivity contribution in [2.75, 3.05) is 0 Å². The van der Waals surface area contributed by atoms with E-state index in [1.54, 1.807) is 0 Å². The van der Waals surface area contributed by atoms with Crippen molar-refractivity contribution in [3.05, 3.63) is 46.9 Å². The van der Waals surface area contributed by atoms with E-state index in [0.717, 1.165) is 45.7 Å². The number of nitrogens with zero attached hydrogens (tertiary/aromatic N) is 6. The standard InChI is InChI=1S/C20H20F3N7O/c1-10-9-24-14(11-3-4-11)7-12(10)15-8-16-13(5-6-30(16)27-15)25-18(31)17-26-19(20(21,22)23)28-29(17)2/h7-9,11,13H,3-6H2,1-2H3,(H,25,31)/t13-/m1/s1. The Bertz CT molecular complexity index is 1180. The number of nitrogens with one attached hydrogen (secondary N) is 1. The van der Waals surface area contributed by atoms with Crippen LogP contribution in [0.15, 0.2) is 18.3 Å². The van der Waals surface area contributed by atoms with Crippen LogP contribution in [0.25, 0.3) is 11.3 Å². The van der Waals surface area contributed by atoms with Crippen LogP contribution in [-0.2, 0) is 19.8 Å². The van der Waals surface area contributed by atoms with Crippen molar-refractivity contribution in [1.82, 2.24) is 34.8 Å². The van der Waals surface area contributed by atoms with E-state index in [-0.39, 0.29) is 11.9 Å². The molecule has 0 bridgehead atoms. The molecule has 1 fully saturated rings. The van der Waals surface area contributed by atoms with Crippen molar-refractivity contribution < 1.29 is 18.0 Å². The first kappa shape index (κ1) is 19.7. The molecule has 8 nitrogen and oxygen atoms in total. The number of hydrogen-bond acceptors (Lipinski definition) is 5. The zero-order valence-electron chi connectivity index (χ0n) is 16.9. The molecule has 1 amide bonds. The van der Waals surface area contributed by atoms with E-state index >= 15 is 0 Å². The van der Waals surface area contributed by atoms with Gasteiger partial charge in [0.2, 0.25) is 5.82 Å². The van der Waals surface area contributed by atoms with Gasteiger partial charge in [-0.15, -0.1) is 5.10 Å². The molecular weight excluding hydrogens is 411 g/mol. The van der Waals surface area contributed by atoms with Crippen molar-refractivity contribution in [3.63, 3.8) is 0 Å². The second kappa shape index (κ2) is 6.89. The first-order chi connectivity index (χ1) is 14.7. The molecule has 11 heteroatoms. The zero-order chi connectivity index (χ0) is 21.9. The molecule has 1 aliphatic carbocycles. The highest BCUT2D eigenvalue weighted by molar-refractivity contribution is 5.91. The first-order valence-corrected chi connectivity index (χ1v) is 10.0. The number of pyridine rings is 1. The van der Waals surface area contributed by atoms with Gasteiger partial charge in [0.25, 0.3) is 11.7 Å². The minimum atomic E-state index is -4.71. The van der Waals surface area contributed by atoms with E-state index in [9.17, 15) is 18.0 Å². The molecule has 162 valence electrons. The van der Waals surface area contributed by atoms with Crippen molar-refractivity contribution in [2.24, 2.45) is 7.05 Å². The van der Waals surface area contributed by atoms with Crippen molar-refractivity contribution in [3.8, 4) is 11.3 Å². The van der Waals surface area contributed by atoms with Gasteiger partial charge in [0.15, 0.2) is 0 Å². The summed E-state index contributed by atoms with van der Waals surface area (Å²) in [5, 5.41) is 10.8. The molecule has 1 aliphatic heterocycles. The zero-order valence-corrected chi connectivity index (χ0v) is 16.9. The van der Waals surface area contributed by atoms with Gasteiger partial charge in [-0.3, -0.25) is 14.5 Å². The third-order valence-electron chi connectivity index (χ3n) is 5.72. The van der Waals surface area contributed by atoms with Gasteiger partial charge in [0, 0.05) is 37.0 Å². The quantitative estimate of drug-likeness (QED) is 0.685. The fraction of sp³-hybridized carbons (Fsp3) is 0.450. The molecule has 0 spiro atoms. The maximum atomic E-state index is 12.8. The molecule has 1 N–H and O–H groups in total. The number of rotatable bonds is 4. The normalized spacial score (nSPS) is 18.3. The Morgan fingerprint density at radius 1 is 1.19 bits per heavy atom.